The lowest BCUT2D eigenvalue weighted by Crippen LogP contribution is -2.05. The van der Waals surface area contributed by atoms with Gasteiger partial charge < -0.3 is 5.73 Å². The summed E-state index contributed by atoms with van der Waals surface area (Å²) >= 11 is 0. The number of nitrogens with zero attached hydrogens (tertiary/aromatic N) is 5. The van der Waals surface area contributed by atoms with E-state index in [1.165, 1.54) is 0 Å². The summed E-state index contributed by atoms with van der Waals surface area (Å²) in [6.07, 6.45) is 4.40. The first-order chi connectivity index (χ1) is 7.72. The molecular weight excluding hydrogens is 204 g/mol. The highest BCUT2D eigenvalue weighted by atomic mass is 15.4. The van der Waals surface area contributed by atoms with Gasteiger partial charge in [-0.15, -0.1) is 5.10 Å². The Morgan fingerprint density at radius 3 is 2.94 bits per heavy atom. The van der Waals surface area contributed by atoms with Crippen LogP contribution in [0.1, 0.15) is 18.9 Å². The average molecular weight is 218 g/mol. The van der Waals surface area contributed by atoms with E-state index in [2.05, 4.69) is 27.2 Å². The van der Waals surface area contributed by atoms with Crippen molar-refractivity contribution in [2.75, 3.05) is 5.73 Å². The van der Waals surface area contributed by atoms with Crippen LogP contribution in [0.15, 0.2) is 12.4 Å². The molecule has 0 aliphatic carbocycles. The smallest absolute Gasteiger partial charge is 0.220 e. The van der Waals surface area contributed by atoms with Gasteiger partial charge in [-0.05, 0) is 18.9 Å². The van der Waals surface area contributed by atoms with Crippen molar-refractivity contribution < 1.29 is 0 Å². The Labute approximate surface area is 93.5 Å². The zero-order valence-electron chi connectivity index (χ0n) is 9.38. The molecule has 0 atom stereocenters. The Balaban J connectivity index is 2.49. The van der Waals surface area contributed by atoms with Gasteiger partial charge in [0.15, 0.2) is 0 Å². The molecule has 0 saturated heterocycles. The standard InChI is InChI=1S/C10H14N6/c1-3-4-16-8(6-13-15-16)9-7(2)5-12-10(11)14-9/h5-6H,3-4H2,1-2H3,(H2,11,12,14). The molecule has 0 fully saturated rings. The van der Waals surface area contributed by atoms with Gasteiger partial charge in [-0.2, -0.15) is 0 Å². The molecule has 2 aromatic heterocycles. The van der Waals surface area contributed by atoms with Crippen LogP contribution in [-0.4, -0.2) is 25.0 Å². The van der Waals surface area contributed by atoms with Crippen LogP contribution in [0.4, 0.5) is 5.95 Å². The molecule has 0 spiro atoms. The second kappa shape index (κ2) is 4.26. The number of hydrogen-bond donors (Lipinski definition) is 1. The SMILES string of the molecule is CCCn1nncc1-c1nc(N)ncc1C. The minimum atomic E-state index is 0.268. The summed E-state index contributed by atoms with van der Waals surface area (Å²) in [6, 6.07) is 0. The van der Waals surface area contributed by atoms with Crippen LogP contribution in [0.25, 0.3) is 11.4 Å². The normalized spacial score (nSPS) is 10.6. The number of rotatable bonds is 3. The van der Waals surface area contributed by atoms with Gasteiger partial charge in [0.05, 0.1) is 11.9 Å². The maximum Gasteiger partial charge on any atom is 0.220 e. The molecule has 16 heavy (non-hydrogen) atoms. The van der Waals surface area contributed by atoms with Crippen molar-refractivity contribution in [3.8, 4) is 11.4 Å². The lowest BCUT2D eigenvalue weighted by atomic mass is 10.2. The van der Waals surface area contributed by atoms with Crippen LogP contribution in [0, 0.1) is 6.92 Å². The predicted molar refractivity (Wildman–Crippen MR) is 60.5 cm³/mol. The second-order valence-electron chi connectivity index (χ2n) is 3.60. The van der Waals surface area contributed by atoms with Crippen LogP contribution in [-0.2, 0) is 6.54 Å². The van der Waals surface area contributed by atoms with Gasteiger partial charge in [-0.25, -0.2) is 14.6 Å². The fourth-order valence-corrected chi connectivity index (χ4v) is 1.53. The number of anilines is 1. The highest BCUT2D eigenvalue weighted by molar-refractivity contribution is 5.58. The van der Waals surface area contributed by atoms with Crippen LogP contribution in [0.3, 0.4) is 0 Å². The number of aryl methyl sites for hydroxylation is 2. The molecule has 2 rings (SSSR count). The van der Waals surface area contributed by atoms with Crippen LogP contribution < -0.4 is 5.73 Å². The molecule has 0 saturated carbocycles. The first-order valence-corrected chi connectivity index (χ1v) is 5.20. The third-order valence-electron chi connectivity index (χ3n) is 2.29. The Hall–Kier alpha value is -1.98. The minimum absolute atomic E-state index is 0.268. The predicted octanol–water partition coefficient (Wildman–Crippen LogP) is 1.04. The van der Waals surface area contributed by atoms with E-state index in [9.17, 15) is 0 Å². The van der Waals surface area contributed by atoms with Crippen molar-refractivity contribution in [3.05, 3.63) is 18.0 Å². The fraction of sp³-hybridized carbons (Fsp3) is 0.400. The van der Waals surface area contributed by atoms with Crippen molar-refractivity contribution in [2.24, 2.45) is 0 Å². The zero-order chi connectivity index (χ0) is 11.5. The number of nitrogen functional groups attached to an aromatic ring is 1. The summed E-state index contributed by atoms with van der Waals surface area (Å²) in [5.41, 5.74) is 8.23. The van der Waals surface area contributed by atoms with Gasteiger partial charge in [0.1, 0.15) is 5.69 Å². The maximum absolute atomic E-state index is 5.59. The van der Waals surface area contributed by atoms with Gasteiger partial charge >= 0.3 is 0 Å². The highest BCUT2D eigenvalue weighted by Gasteiger charge is 2.11. The van der Waals surface area contributed by atoms with E-state index < -0.39 is 0 Å². The maximum atomic E-state index is 5.59. The Bertz CT molecular complexity index is 490. The zero-order valence-corrected chi connectivity index (χ0v) is 9.38. The molecule has 0 amide bonds. The fourth-order valence-electron chi connectivity index (χ4n) is 1.53. The molecule has 0 unspecified atom stereocenters. The molecule has 84 valence electrons. The third kappa shape index (κ3) is 1.86. The number of aromatic nitrogens is 5. The van der Waals surface area contributed by atoms with Gasteiger partial charge in [0, 0.05) is 12.7 Å². The summed E-state index contributed by atoms with van der Waals surface area (Å²) in [7, 11) is 0. The number of hydrogen-bond acceptors (Lipinski definition) is 5. The van der Waals surface area contributed by atoms with Crippen molar-refractivity contribution in [2.45, 2.75) is 26.8 Å². The Morgan fingerprint density at radius 1 is 1.38 bits per heavy atom. The third-order valence-corrected chi connectivity index (χ3v) is 2.29. The summed E-state index contributed by atoms with van der Waals surface area (Å²) < 4.78 is 1.83. The summed E-state index contributed by atoms with van der Waals surface area (Å²) in [6.45, 7) is 4.85. The quantitative estimate of drug-likeness (QED) is 0.832. The van der Waals surface area contributed by atoms with Gasteiger partial charge in [-0.1, -0.05) is 12.1 Å². The monoisotopic (exact) mass is 218 g/mol. The molecule has 6 heteroatoms. The molecule has 2 N–H and O–H groups in total. The van der Waals surface area contributed by atoms with E-state index in [-0.39, 0.29) is 5.95 Å². The van der Waals surface area contributed by atoms with Gasteiger partial charge in [-0.3, -0.25) is 0 Å². The van der Waals surface area contributed by atoms with Crippen LogP contribution >= 0.6 is 0 Å². The van der Waals surface area contributed by atoms with Gasteiger partial charge in [0.2, 0.25) is 5.95 Å². The van der Waals surface area contributed by atoms with Crippen molar-refractivity contribution in [1.29, 1.82) is 0 Å². The summed E-state index contributed by atoms with van der Waals surface area (Å²) in [4.78, 5) is 8.17. The second-order valence-corrected chi connectivity index (χ2v) is 3.60. The van der Waals surface area contributed by atoms with Crippen molar-refractivity contribution in [3.63, 3.8) is 0 Å². The average Bonchev–Trinajstić information content (AvgIpc) is 2.70. The van der Waals surface area contributed by atoms with E-state index in [1.807, 2.05) is 11.6 Å². The lowest BCUT2D eigenvalue weighted by molar-refractivity contribution is 0.583. The summed E-state index contributed by atoms with van der Waals surface area (Å²) in [5, 5.41) is 7.92. The summed E-state index contributed by atoms with van der Waals surface area (Å²) in [5.74, 6) is 0.268. The lowest BCUT2D eigenvalue weighted by Gasteiger charge is -2.06. The Kier molecular flexibility index (Phi) is 2.80. The van der Waals surface area contributed by atoms with E-state index in [0.29, 0.717) is 0 Å². The van der Waals surface area contributed by atoms with E-state index >= 15 is 0 Å². The molecule has 0 radical (unpaired) electrons. The first kappa shape index (κ1) is 10.5. The molecule has 0 aliphatic rings. The van der Waals surface area contributed by atoms with E-state index in [1.54, 1.807) is 12.4 Å². The highest BCUT2D eigenvalue weighted by Crippen LogP contribution is 2.19. The molecule has 0 bridgehead atoms. The van der Waals surface area contributed by atoms with Crippen LogP contribution in [0.2, 0.25) is 0 Å². The van der Waals surface area contributed by atoms with E-state index in [0.717, 1.165) is 29.9 Å². The Morgan fingerprint density at radius 2 is 2.19 bits per heavy atom. The van der Waals surface area contributed by atoms with Crippen molar-refractivity contribution >= 4 is 5.95 Å². The topological polar surface area (TPSA) is 82.5 Å². The molecule has 2 aromatic rings. The van der Waals surface area contributed by atoms with Crippen molar-refractivity contribution in [1.82, 2.24) is 25.0 Å². The minimum Gasteiger partial charge on any atom is -0.368 e. The first-order valence-electron chi connectivity index (χ1n) is 5.20. The van der Waals surface area contributed by atoms with Gasteiger partial charge in [0.25, 0.3) is 0 Å². The number of nitrogens with two attached hydrogens (primary N) is 1. The van der Waals surface area contributed by atoms with E-state index in [4.69, 9.17) is 5.73 Å². The largest absolute Gasteiger partial charge is 0.368 e. The molecular formula is C10H14N6. The molecule has 6 nitrogen and oxygen atoms in total. The molecule has 0 aromatic carbocycles. The molecule has 0 aliphatic heterocycles. The van der Waals surface area contributed by atoms with Crippen LogP contribution in [0.5, 0.6) is 0 Å². The molecule has 2 heterocycles.